The van der Waals surface area contributed by atoms with Crippen molar-refractivity contribution in [1.29, 1.82) is 0 Å². The lowest BCUT2D eigenvalue weighted by atomic mass is 10.1. The Hall–Kier alpha value is -2.86. The smallest absolute Gasteiger partial charge is 0.226 e. The highest BCUT2D eigenvalue weighted by atomic mass is 127. The first-order valence-corrected chi connectivity index (χ1v) is 13.5. The molecule has 0 bridgehead atoms. The summed E-state index contributed by atoms with van der Waals surface area (Å²) in [6.07, 6.45) is 4.89. The van der Waals surface area contributed by atoms with Gasteiger partial charge in [-0.3, -0.25) is 19.5 Å². The number of halogens is 2. The molecule has 2 aliphatic rings. The van der Waals surface area contributed by atoms with E-state index in [4.69, 9.17) is 4.98 Å². The first kappa shape index (κ1) is 29.1. The first-order valence-electron chi connectivity index (χ1n) is 13.5. The quantitative estimate of drug-likeness (QED) is 0.314. The van der Waals surface area contributed by atoms with Crippen LogP contribution in [-0.2, 0) is 16.1 Å². The van der Waals surface area contributed by atoms with E-state index in [9.17, 15) is 14.0 Å². The molecular weight excluding hydrogens is 610 g/mol. The molecule has 1 saturated heterocycles. The molecule has 1 N–H and O–H groups in total. The Morgan fingerprint density at radius 1 is 1.08 bits per heavy atom. The zero-order valence-electron chi connectivity index (χ0n) is 22.8. The summed E-state index contributed by atoms with van der Waals surface area (Å²) in [5.74, 6) is -0.211. The maximum absolute atomic E-state index is 14.9. The van der Waals surface area contributed by atoms with E-state index < -0.39 is 5.82 Å². The van der Waals surface area contributed by atoms with Gasteiger partial charge >= 0.3 is 0 Å². The number of carbonyl (C=O) groups is 2. The third-order valence-corrected chi connectivity index (χ3v) is 7.76. The molecule has 0 atom stereocenters. The Kier molecular flexibility index (Phi) is 9.05. The van der Waals surface area contributed by atoms with Crippen molar-refractivity contribution < 1.29 is 42.4 Å². The number of anilines is 2. The van der Waals surface area contributed by atoms with Crippen molar-refractivity contribution >= 4 is 23.5 Å². The number of imidazole rings is 1. The van der Waals surface area contributed by atoms with Gasteiger partial charge in [0, 0.05) is 44.1 Å². The largest absolute Gasteiger partial charge is 1.00 e. The number of aromatic nitrogens is 3. The number of hydrogen-bond donors (Lipinski definition) is 1. The molecule has 2 aromatic heterocycles. The summed E-state index contributed by atoms with van der Waals surface area (Å²) in [7, 11) is 2.26. The van der Waals surface area contributed by atoms with Crippen LogP contribution in [0.2, 0.25) is 0 Å². The van der Waals surface area contributed by atoms with E-state index >= 15 is 0 Å². The normalized spacial score (nSPS) is 15.9. The van der Waals surface area contributed by atoms with E-state index in [0.29, 0.717) is 42.4 Å². The highest BCUT2D eigenvalue weighted by molar-refractivity contribution is 5.94. The van der Waals surface area contributed by atoms with E-state index in [1.54, 1.807) is 17.0 Å². The summed E-state index contributed by atoms with van der Waals surface area (Å²) in [4.78, 5) is 36.1. The molecular formula is C29H36FIN6O2. The molecule has 8 nitrogen and oxygen atoms in total. The minimum atomic E-state index is -0.487. The highest BCUT2D eigenvalue weighted by Gasteiger charge is 2.31. The molecule has 1 aromatic carbocycles. The fourth-order valence-corrected chi connectivity index (χ4v) is 5.70. The van der Waals surface area contributed by atoms with Gasteiger partial charge in [-0.25, -0.2) is 9.37 Å². The van der Waals surface area contributed by atoms with Gasteiger partial charge in [0.05, 0.1) is 43.8 Å². The van der Waals surface area contributed by atoms with Gasteiger partial charge in [0.1, 0.15) is 11.5 Å². The van der Waals surface area contributed by atoms with Crippen molar-refractivity contribution in [2.75, 3.05) is 43.4 Å². The Bertz CT molecular complexity index is 1370. The molecule has 208 valence electrons. The maximum Gasteiger partial charge on any atom is 0.226 e. The number of likely N-dealkylation sites (tertiary alicyclic amines) is 1. The van der Waals surface area contributed by atoms with Crippen molar-refractivity contribution in [2.24, 2.45) is 0 Å². The second-order valence-electron chi connectivity index (χ2n) is 10.8. The van der Waals surface area contributed by atoms with Crippen LogP contribution in [-0.4, -0.2) is 64.1 Å². The van der Waals surface area contributed by atoms with Gasteiger partial charge in [0.25, 0.3) is 0 Å². The van der Waals surface area contributed by atoms with E-state index in [2.05, 4.69) is 17.3 Å². The maximum atomic E-state index is 14.9. The molecule has 39 heavy (non-hydrogen) atoms. The van der Waals surface area contributed by atoms with Gasteiger partial charge in [-0.15, -0.1) is 0 Å². The number of benzene rings is 1. The predicted octanol–water partition coefficient (Wildman–Crippen LogP) is 1.78. The van der Waals surface area contributed by atoms with Crippen LogP contribution in [0, 0.1) is 12.7 Å². The van der Waals surface area contributed by atoms with E-state index in [0.717, 1.165) is 41.9 Å². The lowest BCUT2D eigenvalue weighted by Crippen LogP contribution is -3.00. The lowest BCUT2D eigenvalue weighted by molar-refractivity contribution is -0.914. The second-order valence-corrected chi connectivity index (χ2v) is 10.8. The molecule has 5 rings (SSSR count). The van der Waals surface area contributed by atoms with Crippen LogP contribution in [0.5, 0.6) is 0 Å². The number of aryl methyl sites for hydroxylation is 1. The number of hydrogen-bond acceptors (Lipinski definition) is 4. The Labute approximate surface area is 246 Å². The van der Waals surface area contributed by atoms with Gasteiger partial charge in [-0.2, -0.15) is 0 Å². The molecule has 3 aromatic rings. The third kappa shape index (κ3) is 6.32. The van der Waals surface area contributed by atoms with Gasteiger partial charge in [0.2, 0.25) is 17.8 Å². The Morgan fingerprint density at radius 3 is 2.56 bits per heavy atom. The number of carbonyl (C=O) groups excluding carboxylic acids is 2. The molecule has 0 unspecified atom stereocenters. The van der Waals surface area contributed by atoms with Gasteiger partial charge < -0.3 is 38.3 Å². The number of rotatable bonds is 7. The summed E-state index contributed by atoms with van der Waals surface area (Å²) in [5, 5.41) is 2.80. The van der Waals surface area contributed by atoms with Crippen molar-refractivity contribution in [3.05, 3.63) is 47.9 Å². The number of nitrogens with one attached hydrogen (secondary N) is 1. The fraction of sp³-hybridized carbons (Fsp3) is 0.448. The van der Waals surface area contributed by atoms with Crippen LogP contribution in [0.25, 0.3) is 22.6 Å². The molecule has 0 saturated carbocycles. The van der Waals surface area contributed by atoms with Gasteiger partial charge in [-0.1, -0.05) is 6.07 Å². The number of amides is 2. The second kappa shape index (κ2) is 12.1. The van der Waals surface area contributed by atoms with Crippen molar-refractivity contribution in [3.8, 4) is 22.6 Å². The molecule has 2 aliphatic heterocycles. The highest BCUT2D eigenvalue weighted by Crippen LogP contribution is 2.38. The van der Waals surface area contributed by atoms with Crippen LogP contribution in [0.1, 0.15) is 44.7 Å². The number of nitrogens with zero attached hydrogens (tertiary/aromatic N) is 5. The molecule has 4 heterocycles. The standard InChI is InChI=1S/C29H35FN6O2.HI/c1-20-9-7-10-24(31-20)27-28(35-15-14-34(21(2)37)29(35)33-27)22-12-13-23(30)25(19-22)32-26(38)11-8-18-36(3)16-5-4-6-17-36;/h7,9-10,12-13,19H,4-6,8,11,14-18H2,1-3H3;1H. The van der Waals surface area contributed by atoms with E-state index in [-0.39, 0.29) is 41.5 Å². The summed E-state index contributed by atoms with van der Waals surface area (Å²) in [6, 6.07) is 10.4. The average Bonchev–Trinajstić information content (AvgIpc) is 3.45. The minimum absolute atomic E-state index is 0. The Morgan fingerprint density at radius 2 is 1.85 bits per heavy atom. The molecule has 10 heteroatoms. The molecule has 0 aliphatic carbocycles. The van der Waals surface area contributed by atoms with Crippen molar-refractivity contribution in [3.63, 3.8) is 0 Å². The van der Waals surface area contributed by atoms with E-state index in [1.807, 2.05) is 29.7 Å². The Balaban J connectivity index is 0.00000353. The third-order valence-electron chi connectivity index (χ3n) is 7.76. The van der Waals surface area contributed by atoms with Crippen LogP contribution < -0.4 is 34.2 Å². The molecule has 0 radical (unpaired) electrons. The number of pyridine rings is 1. The van der Waals surface area contributed by atoms with Crippen molar-refractivity contribution in [2.45, 2.75) is 52.5 Å². The monoisotopic (exact) mass is 646 g/mol. The van der Waals surface area contributed by atoms with Crippen LogP contribution in [0.3, 0.4) is 0 Å². The number of piperidine rings is 1. The zero-order valence-corrected chi connectivity index (χ0v) is 25.0. The number of fused-ring (bicyclic) bond motifs is 1. The average molecular weight is 647 g/mol. The van der Waals surface area contributed by atoms with Gasteiger partial charge in [-0.05, 0) is 56.5 Å². The molecule has 2 amide bonds. The summed E-state index contributed by atoms with van der Waals surface area (Å²) in [5.41, 5.74) is 3.74. The fourth-order valence-electron chi connectivity index (χ4n) is 5.70. The topological polar surface area (TPSA) is 80.1 Å². The molecule has 1 fully saturated rings. The van der Waals surface area contributed by atoms with Crippen molar-refractivity contribution in [1.82, 2.24) is 14.5 Å². The van der Waals surface area contributed by atoms with Crippen LogP contribution in [0.4, 0.5) is 16.0 Å². The van der Waals surface area contributed by atoms with E-state index in [1.165, 1.54) is 32.3 Å². The first-order chi connectivity index (χ1) is 18.2. The lowest BCUT2D eigenvalue weighted by Gasteiger charge is -2.37. The summed E-state index contributed by atoms with van der Waals surface area (Å²) < 4.78 is 17.8. The van der Waals surface area contributed by atoms with Gasteiger partial charge in [0.15, 0.2) is 0 Å². The van der Waals surface area contributed by atoms with Crippen LogP contribution in [0.15, 0.2) is 36.4 Å². The molecule has 0 spiro atoms. The number of quaternary nitrogens is 1. The van der Waals surface area contributed by atoms with Crippen LogP contribution >= 0.6 is 0 Å². The minimum Gasteiger partial charge on any atom is -1.00 e. The SMILES string of the molecule is CC(=O)N1CCn2c1nc(-c1cccc(C)n1)c2-c1ccc(F)c(NC(=O)CCC[N+]2(C)CCCCC2)c1.[I-]. The predicted molar refractivity (Wildman–Crippen MR) is 146 cm³/mol. The summed E-state index contributed by atoms with van der Waals surface area (Å²) >= 11 is 0. The summed E-state index contributed by atoms with van der Waals surface area (Å²) in [6.45, 7) is 7.80. The zero-order chi connectivity index (χ0) is 26.9.